The Morgan fingerprint density at radius 1 is 0.811 bits per heavy atom. The predicted octanol–water partition coefficient (Wildman–Crippen LogP) is 5.26. The van der Waals surface area contributed by atoms with Gasteiger partial charge in [0.05, 0.1) is 17.7 Å². The average molecular weight is 514 g/mol. The van der Waals surface area contributed by atoms with E-state index in [4.69, 9.17) is 11.6 Å². The normalized spacial score (nSPS) is 18.8. The highest BCUT2D eigenvalue weighted by atomic mass is 35.5. The average Bonchev–Trinajstić information content (AvgIpc) is 3.16. The summed E-state index contributed by atoms with van der Waals surface area (Å²) >= 11 is 6.20. The van der Waals surface area contributed by atoms with Crippen LogP contribution in [-0.4, -0.2) is 74.1 Å². The number of anilines is 1. The Morgan fingerprint density at radius 3 is 2.27 bits per heavy atom. The molecule has 0 spiro atoms. The summed E-state index contributed by atoms with van der Waals surface area (Å²) in [5.74, 6) is 0. The van der Waals surface area contributed by atoms with E-state index in [2.05, 4.69) is 87.3 Å². The number of nitrogens with zero attached hydrogens (tertiary/aromatic N) is 5. The van der Waals surface area contributed by atoms with Crippen LogP contribution in [0, 0.1) is 11.3 Å². The minimum absolute atomic E-state index is 0.208. The third-order valence-electron chi connectivity index (χ3n) is 7.76. The van der Waals surface area contributed by atoms with E-state index in [-0.39, 0.29) is 6.04 Å². The van der Waals surface area contributed by atoms with E-state index in [9.17, 15) is 5.26 Å². The number of hydrogen-bond acceptors (Lipinski definition) is 5. The maximum absolute atomic E-state index is 9.81. The number of likely N-dealkylation sites (N-methyl/N-ethyl adjacent to an activating group) is 1. The van der Waals surface area contributed by atoms with Crippen LogP contribution < -0.4 is 4.90 Å². The van der Waals surface area contributed by atoms with Crippen molar-refractivity contribution in [2.45, 2.75) is 19.0 Å². The summed E-state index contributed by atoms with van der Waals surface area (Å²) in [4.78, 5) is 9.94. The molecule has 2 fully saturated rings. The van der Waals surface area contributed by atoms with Crippen molar-refractivity contribution in [2.75, 3.05) is 64.3 Å². The van der Waals surface area contributed by atoms with Crippen LogP contribution in [0.5, 0.6) is 0 Å². The molecule has 5 nitrogen and oxygen atoms in total. The van der Waals surface area contributed by atoms with Gasteiger partial charge in [0.2, 0.25) is 0 Å². The van der Waals surface area contributed by atoms with Crippen molar-refractivity contribution < 1.29 is 0 Å². The van der Waals surface area contributed by atoms with Gasteiger partial charge in [0, 0.05) is 63.1 Å². The molecule has 192 valence electrons. The molecule has 1 atom stereocenters. The molecule has 2 heterocycles. The van der Waals surface area contributed by atoms with Crippen LogP contribution in [0.15, 0.2) is 72.8 Å². The Morgan fingerprint density at radius 2 is 1.54 bits per heavy atom. The van der Waals surface area contributed by atoms with Crippen molar-refractivity contribution in [2.24, 2.45) is 0 Å². The standard InChI is InChI=1S/C31H36ClN5/c1-34-14-5-15-36(19-16-34)30-13-10-27(23-33)28(22-30)24-35-17-20-37(21-18-35)31(25-6-3-2-4-7-25)26-8-11-29(32)12-9-26/h2-4,6-13,22,31H,5,14-21,24H2,1H3. The molecular weight excluding hydrogens is 478 g/mol. The molecule has 2 aliphatic rings. The number of piperazine rings is 1. The summed E-state index contributed by atoms with van der Waals surface area (Å²) in [6.07, 6.45) is 1.17. The second-order valence-corrected chi connectivity index (χ2v) is 10.7. The second kappa shape index (κ2) is 12.1. The molecule has 0 radical (unpaired) electrons. The van der Waals surface area contributed by atoms with E-state index in [0.29, 0.717) is 0 Å². The smallest absolute Gasteiger partial charge is 0.0995 e. The van der Waals surface area contributed by atoms with Crippen LogP contribution in [0.1, 0.15) is 34.7 Å². The van der Waals surface area contributed by atoms with E-state index in [1.165, 1.54) is 23.2 Å². The highest BCUT2D eigenvalue weighted by Gasteiger charge is 2.27. The molecule has 6 heteroatoms. The Hall–Kier alpha value is -2.88. The first-order valence-corrected chi connectivity index (χ1v) is 13.7. The van der Waals surface area contributed by atoms with Crippen molar-refractivity contribution in [3.8, 4) is 6.07 Å². The molecule has 1 unspecified atom stereocenters. The van der Waals surface area contributed by atoms with Gasteiger partial charge in [-0.15, -0.1) is 0 Å². The summed E-state index contributed by atoms with van der Waals surface area (Å²) in [5.41, 5.74) is 5.76. The lowest BCUT2D eigenvalue weighted by Gasteiger charge is -2.40. The fourth-order valence-electron chi connectivity index (χ4n) is 5.64. The molecule has 0 saturated carbocycles. The van der Waals surface area contributed by atoms with Crippen molar-refractivity contribution in [1.82, 2.24) is 14.7 Å². The molecule has 0 N–H and O–H groups in total. The van der Waals surface area contributed by atoms with Gasteiger partial charge in [0.1, 0.15) is 0 Å². The third-order valence-corrected chi connectivity index (χ3v) is 8.01. The molecular formula is C31H36ClN5. The maximum atomic E-state index is 9.81. The zero-order valence-electron chi connectivity index (χ0n) is 21.7. The van der Waals surface area contributed by atoms with Gasteiger partial charge in [-0.05, 0) is 67.0 Å². The Balaban J connectivity index is 1.29. The molecule has 0 amide bonds. The molecule has 2 aliphatic heterocycles. The zero-order valence-corrected chi connectivity index (χ0v) is 22.4. The van der Waals surface area contributed by atoms with Crippen molar-refractivity contribution in [1.29, 1.82) is 5.26 Å². The van der Waals surface area contributed by atoms with E-state index >= 15 is 0 Å². The summed E-state index contributed by atoms with van der Waals surface area (Å²) in [6, 6.07) is 28.1. The topological polar surface area (TPSA) is 36.8 Å². The summed E-state index contributed by atoms with van der Waals surface area (Å²) in [5, 5.41) is 10.6. The number of hydrogen-bond donors (Lipinski definition) is 0. The Bertz CT molecular complexity index is 1200. The molecule has 37 heavy (non-hydrogen) atoms. The first-order valence-electron chi connectivity index (χ1n) is 13.3. The molecule has 3 aromatic rings. The number of nitriles is 1. The lowest BCUT2D eigenvalue weighted by molar-refractivity contribution is 0.105. The molecule has 0 bridgehead atoms. The zero-order chi connectivity index (χ0) is 25.6. The van der Waals surface area contributed by atoms with Crippen LogP contribution >= 0.6 is 11.6 Å². The van der Waals surface area contributed by atoms with E-state index in [1.54, 1.807) is 0 Å². The quantitative estimate of drug-likeness (QED) is 0.449. The summed E-state index contributed by atoms with van der Waals surface area (Å²) in [7, 11) is 2.20. The first kappa shape index (κ1) is 25.8. The van der Waals surface area contributed by atoms with Crippen LogP contribution in [0.4, 0.5) is 5.69 Å². The van der Waals surface area contributed by atoms with Gasteiger partial charge in [-0.25, -0.2) is 0 Å². The third kappa shape index (κ3) is 6.34. The minimum Gasteiger partial charge on any atom is -0.370 e. The number of benzene rings is 3. The largest absolute Gasteiger partial charge is 0.370 e. The SMILES string of the molecule is CN1CCCN(c2ccc(C#N)c(CN3CCN(C(c4ccccc4)c4ccc(Cl)cc4)CC3)c2)CC1. The van der Waals surface area contributed by atoms with E-state index in [1.807, 2.05) is 18.2 Å². The Kier molecular flexibility index (Phi) is 8.43. The van der Waals surface area contributed by atoms with Gasteiger partial charge in [-0.1, -0.05) is 54.1 Å². The predicted molar refractivity (Wildman–Crippen MR) is 152 cm³/mol. The second-order valence-electron chi connectivity index (χ2n) is 10.3. The van der Waals surface area contributed by atoms with Gasteiger partial charge >= 0.3 is 0 Å². The van der Waals surface area contributed by atoms with Gasteiger partial charge in [0.25, 0.3) is 0 Å². The highest BCUT2D eigenvalue weighted by molar-refractivity contribution is 6.30. The number of halogens is 1. The van der Waals surface area contributed by atoms with Crippen molar-refractivity contribution in [3.63, 3.8) is 0 Å². The van der Waals surface area contributed by atoms with Gasteiger partial charge in [0.15, 0.2) is 0 Å². The first-order chi connectivity index (χ1) is 18.1. The maximum Gasteiger partial charge on any atom is 0.0995 e. The van der Waals surface area contributed by atoms with Gasteiger partial charge in [-0.2, -0.15) is 5.26 Å². The molecule has 0 aromatic heterocycles. The highest BCUT2D eigenvalue weighted by Crippen LogP contribution is 2.31. The van der Waals surface area contributed by atoms with Crippen LogP contribution in [0.25, 0.3) is 0 Å². The Labute approximate surface area is 226 Å². The molecule has 2 saturated heterocycles. The van der Waals surface area contributed by atoms with Crippen LogP contribution in [0.2, 0.25) is 5.02 Å². The fraction of sp³-hybridized carbons (Fsp3) is 0.387. The number of rotatable bonds is 6. The lowest BCUT2D eigenvalue weighted by Crippen LogP contribution is -2.47. The van der Waals surface area contributed by atoms with E-state index < -0.39 is 0 Å². The monoisotopic (exact) mass is 513 g/mol. The minimum atomic E-state index is 0.208. The molecule has 0 aliphatic carbocycles. The van der Waals surface area contributed by atoms with E-state index in [0.717, 1.165) is 75.1 Å². The van der Waals surface area contributed by atoms with Crippen molar-refractivity contribution >= 4 is 17.3 Å². The van der Waals surface area contributed by atoms with Crippen molar-refractivity contribution in [3.05, 3.63) is 100 Å². The van der Waals surface area contributed by atoms with Crippen LogP contribution in [0.3, 0.4) is 0 Å². The summed E-state index contributed by atoms with van der Waals surface area (Å²) < 4.78 is 0. The molecule has 5 rings (SSSR count). The van der Waals surface area contributed by atoms with Gasteiger partial charge in [-0.3, -0.25) is 9.80 Å². The lowest BCUT2D eigenvalue weighted by atomic mass is 9.96. The van der Waals surface area contributed by atoms with Gasteiger partial charge < -0.3 is 9.80 Å². The molecule has 3 aromatic carbocycles. The fourth-order valence-corrected chi connectivity index (χ4v) is 5.76. The summed E-state index contributed by atoms with van der Waals surface area (Å²) in [6.45, 7) is 9.03. The van der Waals surface area contributed by atoms with Crippen LogP contribution in [-0.2, 0) is 6.54 Å².